The van der Waals surface area contributed by atoms with Crippen molar-refractivity contribution in [3.63, 3.8) is 0 Å². The van der Waals surface area contributed by atoms with Crippen molar-refractivity contribution in [1.82, 2.24) is 0 Å². The summed E-state index contributed by atoms with van der Waals surface area (Å²) in [4.78, 5) is 11.8. The number of nitrogens with one attached hydrogen (secondary N) is 1. The van der Waals surface area contributed by atoms with E-state index in [4.69, 9.17) is 34.8 Å². The molecular formula is C15H9Cl3FNO. The quantitative estimate of drug-likeness (QED) is 0.583. The Hall–Kier alpha value is -1.55. The minimum absolute atomic E-state index is 0.275. The van der Waals surface area contributed by atoms with Gasteiger partial charge >= 0.3 is 0 Å². The first-order chi connectivity index (χ1) is 9.95. The number of hydrogen-bond acceptors (Lipinski definition) is 1. The number of halogens is 4. The molecule has 0 radical (unpaired) electrons. The van der Waals surface area contributed by atoms with E-state index in [2.05, 4.69) is 5.32 Å². The predicted molar refractivity (Wildman–Crippen MR) is 85.5 cm³/mol. The van der Waals surface area contributed by atoms with Crippen LogP contribution in [0.15, 0.2) is 42.5 Å². The largest absolute Gasteiger partial charge is 0.321 e. The van der Waals surface area contributed by atoms with Gasteiger partial charge in [-0.05, 0) is 35.9 Å². The molecule has 6 heteroatoms. The summed E-state index contributed by atoms with van der Waals surface area (Å²) >= 11 is 17.6. The Morgan fingerprint density at radius 2 is 1.76 bits per heavy atom. The van der Waals surface area contributed by atoms with Crippen LogP contribution in [0.1, 0.15) is 5.56 Å². The van der Waals surface area contributed by atoms with Gasteiger partial charge in [-0.15, -0.1) is 0 Å². The topological polar surface area (TPSA) is 29.1 Å². The van der Waals surface area contributed by atoms with E-state index in [1.807, 2.05) is 0 Å². The Morgan fingerprint density at radius 1 is 1.05 bits per heavy atom. The normalized spacial score (nSPS) is 10.9. The van der Waals surface area contributed by atoms with Gasteiger partial charge in [0.1, 0.15) is 5.82 Å². The standard InChI is InChI=1S/C15H9Cl3FNO/c16-11-7-13(18)14(8-12(11)17)20-15(21)5-4-9-2-1-3-10(19)6-9/h1-8H,(H,20,21)/b5-4+. The van der Waals surface area contributed by atoms with E-state index < -0.39 is 5.91 Å². The second kappa shape index (κ2) is 6.94. The minimum atomic E-state index is -0.417. The molecule has 2 rings (SSSR count). The zero-order chi connectivity index (χ0) is 15.4. The van der Waals surface area contributed by atoms with Crippen molar-refractivity contribution >= 4 is 52.5 Å². The van der Waals surface area contributed by atoms with Crippen molar-refractivity contribution in [3.05, 3.63) is 68.9 Å². The average Bonchev–Trinajstić information content (AvgIpc) is 2.43. The summed E-state index contributed by atoms with van der Waals surface area (Å²) in [7, 11) is 0. The molecule has 0 aliphatic rings. The number of rotatable bonds is 3. The molecule has 0 saturated heterocycles. The molecule has 2 nitrogen and oxygen atoms in total. The van der Waals surface area contributed by atoms with E-state index in [0.29, 0.717) is 16.3 Å². The monoisotopic (exact) mass is 343 g/mol. The summed E-state index contributed by atoms with van der Waals surface area (Å²) in [5, 5.41) is 3.43. The summed E-state index contributed by atoms with van der Waals surface area (Å²) in [6.07, 6.45) is 2.76. The fourth-order valence-corrected chi connectivity index (χ4v) is 2.17. The van der Waals surface area contributed by atoms with Gasteiger partial charge in [0, 0.05) is 6.08 Å². The highest BCUT2D eigenvalue weighted by atomic mass is 35.5. The summed E-state index contributed by atoms with van der Waals surface area (Å²) in [6.45, 7) is 0. The highest BCUT2D eigenvalue weighted by molar-refractivity contribution is 6.44. The van der Waals surface area contributed by atoms with Crippen LogP contribution in [0.25, 0.3) is 6.08 Å². The van der Waals surface area contributed by atoms with Gasteiger partial charge in [0.05, 0.1) is 20.8 Å². The van der Waals surface area contributed by atoms with E-state index in [1.54, 1.807) is 12.1 Å². The van der Waals surface area contributed by atoms with Crippen molar-refractivity contribution in [2.75, 3.05) is 5.32 Å². The zero-order valence-corrected chi connectivity index (χ0v) is 12.8. The van der Waals surface area contributed by atoms with Crippen LogP contribution in [-0.4, -0.2) is 5.91 Å². The van der Waals surface area contributed by atoms with Crippen LogP contribution in [0.5, 0.6) is 0 Å². The van der Waals surface area contributed by atoms with E-state index in [1.165, 1.54) is 36.4 Å². The van der Waals surface area contributed by atoms with Crippen LogP contribution in [0.3, 0.4) is 0 Å². The number of benzene rings is 2. The second-order valence-electron chi connectivity index (χ2n) is 4.12. The van der Waals surface area contributed by atoms with E-state index >= 15 is 0 Å². The van der Waals surface area contributed by atoms with Gasteiger partial charge in [-0.1, -0.05) is 46.9 Å². The maximum Gasteiger partial charge on any atom is 0.248 e. The first-order valence-electron chi connectivity index (χ1n) is 5.85. The Morgan fingerprint density at radius 3 is 2.48 bits per heavy atom. The van der Waals surface area contributed by atoms with Crippen molar-refractivity contribution < 1.29 is 9.18 Å². The third-order valence-corrected chi connectivity index (χ3v) is 3.58. The van der Waals surface area contributed by atoms with Crippen molar-refractivity contribution in [3.8, 4) is 0 Å². The highest BCUT2D eigenvalue weighted by Gasteiger charge is 2.07. The lowest BCUT2D eigenvalue weighted by molar-refractivity contribution is -0.111. The SMILES string of the molecule is O=C(/C=C/c1cccc(F)c1)Nc1cc(Cl)c(Cl)cc1Cl. The number of carbonyl (C=O) groups excluding carboxylic acids is 1. The predicted octanol–water partition coefficient (Wildman–Crippen LogP) is 5.44. The summed E-state index contributed by atoms with van der Waals surface area (Å²) < 4.78 is 13.0. The van der Waals surface area contributed by atoms with Gasteiger partial charge in [-0.25, -0.2) is 4.39 Å². The molecule has 1 N–H and O–H groups in total. The Balaban J connectivity index is 2.10. The molecule has 0 unspecified atom stereocenters. The molecule has 0 aliphatic heterocycles. The fraction of sp³-hybridized carbons (Fsp3) is 0. The summed E-state index contributed by atoms with van der Waals surface area (Å²) in [5.74, 6) is -0.787. The summed E-state index contributed by atoms with van der Waals surface area (Å²) in [5.41, 5.74) is 0.922. The Labute approximate surface area is 136 Å². The molecule has 2 aromatic rings. The number of anilines is 1. The van der Waals surface area contributed by atoms with Crippen LogP contribution < -0.4 is 5.32 Å². The van der Waals surface area contributed by atoms with E-state index in [9.17, 15) is 9.18 Å². The third-order valence-electron chi connectivity index (χ3n) is 2.54. The van der Waals surface area contributed by atoms with Crippen molar-refractivity contribution in [1.29, 1.82) is 0 Å². The van der Waals surface area contributed by atoms with Crippen LogP contribution in [-0.2, 0) is 4.79 Å². The van der Waals surface area contributed by atoms with Gasteiger partial charge in [0.2, 0.25) is 5.91 Å². The molecule has 2 aromatic carbocycles. The van der Waals surface area contributed by atoms with E-state index in [-0.39, 0.29) is 15.9 Å². The van der Waals surface area contributed by atoms with Gasteiger partial charge < -0.3 is 5.32 Å². The lowest BCUT2D eigenvalue weighted by Crippen LogP contribution is -2.08. The molecular weight excluding hydrogens is 336 g/mol. The molecule has 0 heterocycles. The molecule has 21 heavy (non-hydrogen) atoms. The molecule has 0 aromatic heterocycles. The lowest BCUT2D eigenvalue weighted by Gasteiger charge is -2.06. The molecule has 0 spiro atoms. The van der Waals surface area contributed by atoms with Crippen molar-refractivity contribution in [2.24, 2.45) is 0 Å². The van der Waals surface area contributed by atoms with Gasteiger partial charge in [0.15, 0.2) is 0 Å². The van der Waals surface area contributed by atoms with Crippen LogP contribution >= 0.6 is 34.8 Å². The zero-order valence-electron chi connectivity index (χ0n) is 10.5. The van der Waals surface area contributed by atoms with Crippen LogP contribution in [0, 0.1) is 5.82 Å². The van der Waals surface area contributed by atoms with Gasteiger partial charge in [0.25, 0.3) is 0 Å². The van der Waals surface area contributed by atoms with Crippen molar-refractivity contribution in [2.45, 2.75) is 0 Å². The second-order valence-corrected chi connectivity index (χ2v) is 5.35. The maximum absolute atomic E-state index is 13.0. The molecule has 108 valence electrons. The Bertz CT molecular complexity index is 716. The highest BCUT2D eigenvalue weighted by Crippen LogP contribution is 2.32. The lowest BCUT2D eigenvalue weighted by atomic mass is 10.2. The van der Waals surface area contributed by atoms with Crippen LogP contribution in [0.2, 0.25) is 15.1 Å². The smallest absolute Gasteiger partial charge is 0.248 e. The maximum atomic E-state index is 13.0. The third kappa shape index (κ3) is 4.46. The molecule has 0 fully saturated rings. The summed E-state index contributed by atoms with van der Waals surface area (Å²) in [6, 6.07) is 8.78. The molecule has 0 atom stereocenters. The average molecular weight is 345 g/mol. The van der Waals surface area contributed by atoms with Gasteiger partial charge in [-0.3, -0.25) is 4.79 Å². The Kier molecular flexibility index (Phi) is 5.23. The molecule has 0 saturated carbocycles. The van der Waals surface area contributed by atoms with E-state index in [0.717, 1.165) is 0 Å². The number of hydrogen-bond donors (Lipinski definition) is 1. The molecule has 1 amide bonds. The number of amides is 1. The fourth-order valence-electron chi connectivity index (χ4n) is 1.57. The van der Waals surface area contributed by atoms with Crippen LogP contribution in [0.4, 0.5) is 10.1 Å². The first-order valence-corrected chi connectivity index (χ1v) is 6.98. The first kappa shape index (κ1) is 15.8. The molecule has 0 bridgehead atoms. The molecule has 0 aliphatic carbocycles. The minimum Gasteiger partial charge on any atom is -0.321 e. The van der Waals surface area contributed by atoms with Gasteiger partial charge in [-0.2, -0.15) is 0 Å². The number of carbonyl (C=O) groups is 1.